The molecule has 2 aromatic carbocycles. The van der Waals surface area contributed by atoms with Gasteiger partial charge in [0.25, 0.3) is 0 Å². The summed E-state index contributed by atoms with van der Waals surface area (Å²) in [6.07, 6.45) is 4.92. The number of nitrogens with one attached hydrogen (secondary N) is 1. The second-order valence-electron chi connectivity index (χ2n) is 6.04. The number of hydrogen-bond donors (Lipinski definition) is 1. The van der Waals surface area contributed by atoms with Crippen LogP contribution in [0.15, 0.2) is 42.5 Å². The molecule has 0 aliphatic carbocycles. The van der Waals surface area contributed by atoms with E-state index in [1.54, 1.807) is 31.4 Å². The van der Waals surface area contributed by atoms with Gasteiger partial charge in [0.15, 0.2) is 18.1 Å². The lowest BCUT2D eigenvalue weighted by atomic mass is 10.0. The lowest BCUT2D eigenvalue weighted by Gasteiger charge is -2.17. The smallest absolute Gasteiger partial charge is 0.349 e. The predicted molar refractivity (Wildman–Crippen MR) is 102 cm³/mol. The Hall–Kier alpha value is -3.28. The molecule has 2 aromatic rings. The fourth-order valence-corrected chi connectivity index (χ4v) is 2.82. The number of esters is 1. The van der Waals surface area contributed by atoms with E-state index in [2.05, 4.69) is 5.32 Å². The monoisotopic (exact) mass is 367 g/mol. The molecule has 27 heavy (non-hydrogen) atoms. The summed E-state index contributed by atoms with van der Waals surface area (Å²) in [6.45, 7) is 1.69. The van der Waals surface area contributed by atoms with Crippen LogP contribution in [0.2, 0.25) is 0 Å². The Kier molecular flexibility index (Phi) is 5.76. The molecule has 1 amide bonds. The van der Waals surface area contributed by atoms with Crippen molar-refractivity contribution in [3.8, 4) is 17.2 Å². The third kappa shape index (κ3) is 4.67. The average Bonchev–Trinajstić information content (AvgIpc) is 2.67. The molecule has 0 atom stereocenters. The number of rotatable bonds is 6. The summed E-state index contributed by atoms with van der Waals surface area (Å²) in [7, 11) is 1.55. The molecule has 6 nitrogen and oxygen atoms in total. The first-order valence-electron chi connectivity index (χ1n) is 8.66. The van der Waals surface area contributed by atoms with Gasteiger partial charge in [-0.2, -0.15) is 0 Å². The minimum Gasteiger partial charge on any atom is -0.493 e. The zero-order valence-electron chi connectivity index (χ0n) is 15.3. The lowest BCUT2D eigenvalue weighted by molar-refractivity contribution is -0.136. The van der Waals surface area contributed by atoms with Crippen LogP contribution < -0.4 is 19.5 Å². The highest BCUT2D eigenvalue weighted by Crippen LogP contribution is 2.29. The van der Waals surface area contributed by atoms with Crippen LogP contribution in [0.3, 0.4) is 0 Å². The van der Waals surface area contributed by atoms with Crippen molar-refractivity contribution in [2.24, 2.45) is 0 Å². The van der Waals surface area contributed by atoms with Gasteiger partial charge in [0.05, 0.1) is 7.11 Å². The van der Waals surface area contributed by atoms with Crippen LogP contribution in [0.1, 0.15) is 24.5 Å². The zero-order chi connectivity index (χ0) is 19.2. The highest BCUT2D eigenvalue weighted by molar-refractivity contribution is 5.94. The number of carbonyl (C=O) groups excluding carboxylic acids is 2. The van der Waals surface area contributed by atoms with E-state index in [1.807, 2.05) is 31.2 Å². The number of aryl methyl sites for hydroxylation is 1. The van der Waals surface area contributed by atoms with Gasteiger partial charge in [0.2, 0.25) is 5.91 Å². The standard InChI is InChI=1S/C21H21NO5/c1-3-4-14-5-9-18(19(11-14)25-2)26-13-21(24)27-16-7-8-17-15(12-16)6-10-20(23)22-17/h3-5,7-9,11-12H,6,10,13H2,1-2H3,(H,22,23)/b4-3+. The Bertz CT molecular complexity index is 888. The van der Waals surface area contributed by atoms with Crippen molar-refractivity contribution in [3.63, 3.8) is 0 Å². The summed E-state index contributed by atoms with van der Waals surface area (Å²) in [4.78, 5) is 23.5. The molecule has 0 saturated heterocycles. The number of benzene rings is 2. The Morgan fingerprint density at radius 2 is 2.00 bits per heavy atom. The number of fused-ring (bicyclic) bond motifs is 1. The Labute approximate surface area is 157 Å². The van der Waals surface area contributed by atoms with Crippen molar-refractivity contribution in [2.45, 2.75) is 19.8 Å². The van der Waals surface area contributed by atoms with Crippen LogP contribution in [-0.4, -0.2) is 25.6 Å². The van der Waals surface area contributed by atoms with E-state index in [0.29, 0.717) is 30.1 Å². The van der Waals surface area contributed by atoms with Crippen molar-refractivity contribution in [1.82, 2.24) is 0 Å². The summed E-state index contributed by atoms with van der Waals surface area (Å²) < 4.78 is 16.2. The van der Waals surface area contributed by atoms with Crippen LogP contribution in [0, 0.1) is 0 Å². The van der Waals surface area contributed by atoms with E-state index in [4.69, 9.17) is 14.2 Å². The predicted octanol–water partition coefficient (Wildman–Crippen LogP) is 3.60. The van der Waals surface area contributed by atoms with Gasteiger partial charge < -0.3 is 19.5 Å². The number of hydrogen-bond acceptors (Lipinski definition) is 5. The Morgan fingerprint density at radius 3 is 2.78 bits per heavy atom. The maximum Gasteiger partial charge on any atom is 0.349 e. The van der Waals surface area contributed by atoms with Gasteiger partial charge in [0.1, 0.15) is 5.75 Å². The van der Waals surface area contributed by atoms with Gasteiger partial charge in [-0.05, 0) is 54.8 Å². The van der Waals surface area contributed by atoms with Crippen LogP contribution in [0.5, 0.6) is 17.2 Å². The Morgan fingerprint density at radius 1 is 1.15 bits per heavy atom. The molecule has 0 fully saturated rings. The first kappa shape index (κ1) is 18.5. The first-order valence-corrected chi connectivity index (χ1v) is 8.66. The molecule has 1 N–H and O–H groups in total. The summed E-state index contributed by atoms with van der Waals surface area (Å²) in [5.74, 6) is 0.914. The van der Waals surface area contributed by atoms with Gasteiger partial charge in [0, 0.05) is 12.1 Å². The van der Waals surface area contributed by atoms with Crippen LogP contribution >= 0.6 is 0 Å². The van der Waals surface area contributed by atoms with E-state index in [9.17, 15) is 9.59 Å². The minimum absolute atomic E-state index is 0.00459. The number of carbonyl (C=O) groups is 2. The van der Waals surface area contributed by atoms with Gasteiger partial charge in [-0.3, -0.25) is 4.79 Å². The van der Waals surface area contributed by atoms with E-state index in [1.165, 1.54) is 0 Å². The number of allylic oxidation sites excluding steroid dienone is 1. The van der Waals surface area contributed by atoms with Crippen molar-refractivity contribution in [1.29, 1.82) is 0 Å². The molecule has 0 radical (unpaired) electrons. The SMILES string of the molecule is C/C=C/c1ccc(OCC(=O)Oc2ccc3c(c2)CCC(=O)N3)c(OC)c1. The van der Waals surface area contributed by atoms with Crippen molar-refractivity contribution in [2.75, 3.05) is 19.0 Å². The topological polar surface area (TPSA) is 73.9 Å². The van der Waals surface area contributed by atoms with E-state index >= 15 is 0 Å². The van der Waals surface area contributed by atoms with Crippen LogP contribution in [0.4, 0.5) is 5.69 Å². The molecule has 0 aromatic heterocycles. The summed E-state index contributed by atoms with van der Waals surface area (Å²) in [6, 6.07) is 10.6. The summed E-state index contributed by atoms with van der Waals surface area (Å²) in [5.41, 5.74) is 2.68. The molecule has 0 spiro atoms. The van der Waals surface area contributed by atoms with E-state index in [0.717, 1.165) is 16.8 Å². The molecule has 0 saturated carbocycles. The van der Waals surface area contributed by atoms with Gasteiger partial charge >= 0.3 is 5.97 Å². The summed E-state index contributed by atoms with van der Waals surface area (Å²) >= 11 is 0. The quantitative estimate of drug-likeness (QED) is 0.624. The highest BCUT2D eigenvalue weighted by atomic mass is 16.6. The molecular weight excluding hydrogens is 346 g/mol. The normalized spacial score (nSPS) is 13.0. The third-order valence-corrected chi connectivity index (χ3v) is 4.10. The molecule has 140 valence electrons. The van der Waals surface area contributed by atoms with Gasteiger partial charge in [-0.1, -0.05) is 18.2 Å². The molecule has 1 aliphatic heterocycles. The zero-order valence-corrected chi connectivity index (χ0v) is 15.3. The number of ether oxygens (including phenoxy) is 3. The number of anilines is 1. The molecule has 0 unspecified atom stereocenters. The fourth-order valence-electron chi connectivity index (χ4n) is 2.82. The number of amides is 1. The van der Waals surface area contributed by atoms with Crippen LogP contribution in [0.25, 0.3) is 6.08 Å². The first-order chi connectivity index (χ1) is 13.1. The molecule has 3 rings (SSSR count). The van der Waals surface area contributed by atoms with E-state index in [-0.39, 0.29) is 12.5 Å². The van der Waals surface area contributed by atoms with Crippen LogP contribution in [-0.2, 0) is 16.0 Å². The largest absolute Gasteiger partial charge is 0.493 e. The van der Waals surface area contributed by atoms with Crippen molar-refractivity contribution >= 4 is 23.6 Å². The molecule has 6 heteroatoms. The highest BCUT2D eigenvalue weighted by Gasteiger charge is 2.16. The maximum absolute atomic E-state index is 12.1. The second-order valence-corrected chi connectivity index (χ2v) is 6.04. The molecular formula is C21H21NO5. The molecule has 1 aliphatic rings. The number of methoxy groups -OCH3 is 1. The average molecular weight is 367 g/mol. The van der Waals surface area contributed by atoms with Gasteiger partial charge in [-0.25, -0.2) is 4.79 Å². The van der Waals surface area contributed by atoms with E-state index < -0.39 is 5.97 Å². The third-order valence-electron chi connectivity index (χ3n) is 4.10. The van der Waals surface area contributed by atoms with Crippen molar-refractivity contribution in [3.05, 3.63) is 53.6 Å². The van der Waals surface area contributed by atoms with Crippen molar-refractivity contribution < 1.29 is 23.8 Å². The maximum atomic E-state index is 12.1. The minimum atomic E-state index is -0.519. The lowest BCUT2D eigenvalue weighted by Crippen LogP contribution is -2.20. The molecule has 0 bridgehead atoms. The molecule has 1 heterocycles. The Balaban J connectivity index is 1.61. The second kappa shape index (κ2) is 8.40. The van der Waals surface area contributed by atoms with Gasteiger partial charge in [-0.15, -0.1) is 0 Å². The summed E-state index contributed by atoms with van der Waals surface area (Å²) in [5, 5.41) is 2.79. The fraction of sp³-hybridized carbons (Fsp3) is 0.238.